The fourth-order valence-electron chi connectivity index (χ4n) is 2.40. The van der Waals surface area contributed by atoms with Crippen molar-refractivity contribution in [2.75, 3.05) is 38.0 Å². The molecule has 1 aromatic carbocycles. The van der Waals surface area contributed by atoms with Crippen molar-refractivity contribution in [3.05, 3.63) is 42.2 Å². The number of aromatic nitrogens is 1. The van der Waals surface area contributed by atoms with Gasteiger partial charge in [-0.25, -0.2) is 0 Å². The van der Waals surface area contributed by atoms with E-state index in [-0.39, 0.29) is 5.91 Å². The van der Waals surface area contributed by atoms with Gasteiger partial charge in [-0.3, -0.25) is 9.78 Å². The van der Waals surface area contributed by atoms with Gasteiger partial charge >= 0.3 is 0 Å². The molecule has 6 heteroatoms. The smallest absolute Gasteiger partial charge is 0.274 e. The molecule has 25 heavy (non-hydrogen) atoms. The maximum atomic E-state index is 12.6. The Kier molecular flexibility index (Phi) is 6.62. The van der Waals surface area contributed by atoms with Crippen LogP contribution < -0.4 is 19.7 Å². The zero-order chi connectivity index (χ0) is 18.2. The Bertz CT molecular complexity index is 719. The highest BCUT2D eigenvalue weighted by Crippen LogP contribution is 2.29. The summed E-state index contributed by atoms with van der Waals surface area (Å²) in [7, 11) is 5.14. The summed E-state index contributed by atoms with van der Waals surface area (Å²) in [5.41, 5.74) is 1.86. The normalized spacial score (nSPS) is 10.2. The summed E-state index contributed by atoms with van der Waals surface area (Å²) < 4.78 is 10.5. The minimum Gasteiger partial charge on any atom is -0.497 e. The highest BCUT2D eigenvalue weighted by Gasteiger charge is 2.13. The number of ether oxygens (including phenoxy) is 2. The first-order chi connectivity index (χ1) is 12.1. The number of methoxy groups -OCH3 is 2. The molecule has 0 radical (unpaired) electrons. The van der Waals surface area contributed by atoms with Crippen LogP contribution in [-0.2, 0) is 0 Å². The quantitative estimate of drug-likeness (QED) is 0.793. The molecule has 1 aromatic heterocycles. The maximum Gasteiger partial charge on any atom is 0.274 e. The first kappa shape index (κ1) is 18.6. The molecule has 1 heterocycles. The van der Waals surface area contributed by atoms with Crippen molar-refractivity contribution in [3.63, 3.8) is 0 Å². The fourth-order valence-corrected chi connectivity index (χ4v) is 2.40. The molecule has 0 saturated carbocycles. The number of hydrogen-bond acceptors (Lipinski definition) is 5. The molecule has 0 unspecified atom stereocenters. The van der Waals surface area contributed by atoms with Crippen LogP contribution in [0.25, 0.3) is 0 Å². The van der Waals surface area contributed by atoms with Gasteiger partial charge in [0.2, 0.25) is 0 Å². The second-order valence-electron chi connectivity index (χ2n) is 5.69. The molecular weight excluding hydrogens is 318 g/mol. The van der Waals surface area contributed by atoms with Gasteiger partial charge in [-0.05, 0) is 30.7 Å². The molecule has 0 bridgehead atoms. The molecule has 2 aromatic rings. The Hall–Kier alpha value is -2.76. The van der Waals surface area contributed by atoms with Gasteiger partial charge in [-0.1, -0.05) is 13.3 Å². The molecule has 1 amide bonds. The van der Waals surface area contributed by atoms with Crippen LogP contribution in [0.1, 0.15) is 30.3 Å². The molecule has 0 aliphatic carbocycles. The van der Waals surface area contributed by atoms with Gasteiger partial charge in [-0.2, -0.15) is 0 Å². The zero-order valence-electron chi connectivity index (χ0n) is 15.2. The van der Waals surface area contributed by atoms with Crippen molar-refractivity contribution in [1.82, 2.24) is 4.98 Å². The minimum atomic E-state index is -0.294. The predicted octanol–water partition coefficient (Wildman–Crippen LogP) is 3.59. The van der Waals surface area contributed by atoms with E-state index in [0.29, 0.717) is 22.9 Å². The highest BCUT2D eigenvalue weighted by molar-refractivity contribution is 6.04. The largest absolute Gasteiger partial charge is 0.497 e. The summed E-state index contributed by atoms with van der Waals surface area (Å²) in [4.78, 5) is 18.9. The molecule has 0 atom stereocenters. The van der Waals surface area contributed by atoms with Crippen molar-refractivity contribution in [2.45, 2.75) is 19.8 Å². The number of rotatable bonds is 8. The number of pyridine rings is 1. The minimum absolute atomic E-state index is 0.294. The van der Waals surface area contributed by atoms with Crippen molar-refractivity contribution in [2.24, 2.45) is 0 Å². The van der Waals surface area contributed by atoms with E-state index in [9.17, 15) is 4.79 Å². The van der Waals surface area contributed by atoms with Crippen LogP contribution in [0.15, 0.2) is 36.5 Å². The lowest BCUT2D eigenvalue weighted by Crippen LogP contribution is -2.20. The number of amides is 1. The number of nitrogens with one attached hydrogen (secondary N) is 1. The average Bonchev–Trinajstić information content (AvgIpc) is 2.66. The van der Waals surface area contributed by atoms with E-state index < -0.39 is 0 Å². The Balaban J connectivity index is 2.18. The van der Waals surface area contributed by atoms with Gasteiger partial charge in [-0.15, -0.1) is 0 Å². The van der Waals surface area contributed by atoms with Crippen LogP contribution in [0.2, 0.25) is 0 Å². The molecule has 0 saturated heterocycles. The summed E-state index contributed by atoms with van der Waals surface area (Å²) >= 11 is 0. The van der Waals surface area contributed by atoms with Gasteiger partial charge in [0, 0.05) is 31.5 Å². The SMILES string of the molecule is CCCCN(C)c1ccnc(C(=O)Nc2cc(OC)ccc2OC)c1. The predicted molar refractivity (Wildman–Crippen MR) is 99.9 cm³/mol. The zero-order valence-corrected chi connectivity index (χ0v) is 15.2. The molecule has 2 rings (SSSR count). The van der Waals surface area contributed by atoms with E-state index in [1.807, 2.05) is 13.1 Å². The standard InChI is InChI=1S/C19H25N3O3/c1-5-6-11-22(2)14-9-10-20-17(12-14)19(23)21-16-13-15(24-3)7-8-18(16)25-4/h7-10,12-13H,5-6,11H2,1-4H3,(H,21,23). The van der Waals surface area contributed by atoms with Gasteiger partial charge in [0.05, 0.1) is 19.9 Å². The van der Waals surface area contributed by atoms with Gasteiger partial charge in [0.25, 0.3) is 5.91 Å². The second kappa shape index (κ2) is 8.92. The third kappa shape index (κ3) is 4.86. The van der Waals surface area contributed by atoms with Crippen LogP contribution in [0, 0.1) is 0 Å². The number of unbranched alkanes of at least 4 members (excludes halogenated alkanes) is 1. The van der Waals surface area contributed by atoms with Crippen molar-refractivity contribution >= 4 is 17.3 Å². The monoisotopic (exact) mass is 343 g/mol. The molecule has 0 aliphatic heterocycles. The number of benzene rings is 1. The Morgan fingerprint density at radius 3 is 2.68 bits per heavy atom. The molecule has 0 aliphatic rings. The lowest BCUT2D eigenvalue weighted by atomic mass is 10.2. The number of nitrogens with zero attached hydrogens (tertiary/aromatic N) is 2. The van der Waals surface area contributed by atoms with E-state index in [0.717, 1.165) is 25.1 Å². The molecular formula is C19H25N3O3. The third-order valence-electron chi connectivity index (χ3n) is 3.92. The second-order valence-corrected chi connectivity index (χ2v) is 5.69. The van der Waals surface area contributed by atoms with Gasteiger partial charge in [0.15, 0.2) is 0 Å². The molecule has 6 nitrogen and oxygen atoms in total. The van der Waals surface area contributed by atoms with E-state index in [1.54, 1.807) is 44.7 Å². The van der Waals surface area contributed by atoms with Crippen LogP contribution in [0.3, 0.4) is 0 Å². The summed E-state index contributed by atoms with van der Waals surface area (Å²) in [5.74, 6) is 0.903. The average molecular weight is 343 g/mol. The first-order valence-electron chi connectivity index (χ1n) is 8.29. The van der Waals surface area contributed by atoms with Crippen molar-refractivity contribution < 1.29 is 14.3 Å². The maximum absolute atomic E-state index is 12.6. The van der Waals surface area contributed by atoms with E-state index in [1.165, 1.54) is 0 Å². The summed E-state index contributed by atoms with van der Waals surface area (Å²) in [6.07, 6.45) is 3.87. The highest BCUT2D eigenvalue weighted by atomic mass is 16.5. The summed E-state index contributed by atoms with van der Waals surface area (Å²) in [5, 5.41) is 2.84. The van der Waals surface area contributed by atoms with Gasteiger partial charge in [0.1, 0.15) is 17.2 Å². The molecule has 0 fully saturated rings. The number of carbonyl (C=O) groups excluding carboxylic acids is 1. The Labute approximate surface area is 148 Å². The van der Waals surface area contributed by atoms with E-state index in [2.05, 4.69) is 22.1 Å². The number of hydrogen-bond donors (Lipinski definition) is 1. The van der Waals surface area contributed by atoms with Crippen LogP contribution >= 0.6 is 0 Å². The Morgan fingerprint density at radius 2 is 2.00 bits per heavy atom. The molecule has 134 valence electrons. The van der Waals surface area contributed by atoms with Crippen LogP contribution in [0.4, 0.5) is 11.4 Å². The van der Waals surface area contributed by atoms with E-state index in [4.69, 9.17) is 9.47 Å². The first-order valence-corrected chi connectivity index (χ1v) is 8.29. The fraction of sp³-hybridized carbons (Fsp3) is 0.368. The van der Waals surface area contributed by atoms with Crippen LogP contribution in [0.5, 0.6) is 11.5 Å². The topological polar surface area (TPSA) is 63.7 Å². The van der Waals surface area contributed by atoms with Crippen molar-refractivity contribution in [1.29, 1.82) is 0 Å². The molecule has 0 spiro atoms. The lowest BCUT2D eigenvalue weighted by Gasteiger charge is -2.19. The molecule has 1 N–H and O–H groups in total. The summed E-state index contributed by atoms with van der Waals surface area (Å²) in [6, 6.07) is 8.93. The number of carbonyl (C=O) groups is 1. The van der Waals surface area contributed by atoms with Gasteiger partial charge < -0.3 is 19.7 Å². The summed E-state index contributed by atoms with van der Waals surface area (Å²) in [6.45, 7) is 3.09. The third-order valence-corrected chi connectivity index (χ3v) is 3.92. The number of anilines is 2. The Morgan fingerprint density at radius 1 is 1.20 bits per heavy atom. The lowest BCUT2D eigenvalue weighted by molar-refractivity contribution is 0.102. The van der Waals surface area contributed by atoms with E-state index >= 15 is 0 Å². The van der Waals surface area contributed by atoms with Crippen molar-refractivity contribution in [3.8, 4) is 11.5 Å². The van der Waals surface area contributed by atoms with Crippen LogP contribution in [-0.4, -0.2) is 38.7 Å².